The molecule has 6 heteroatoms. The van der Waals surface area contributed by atoms with Gasteiger partial charge in [0.15, 0.2) is 0 Å². The van der Waals surface area contributed by atoms with E-state index in [0.29, 0.717) is 0 Å². The molecule has 0 bridgehead atoms. The SMILES string of the molecule is C#CCN(C)C(=O)Nc1ccccc1C(F)(F)F. The minimum Gasteiger partial charge on any atom is -0.316 e. The van der Waals surface area contributed by atoms with Crippen molar-refractivity contribution in [1.29, 1.82) is 0 Å². The molecule has 0 unspecified atom stereocenters. The summed E-state index contributed by atoms with van der Waals surface area (Å²) in [5, 5.41) is 2.17. The van der Waals surface area contributed by atoms with Gasteiger partial charge in [0.05, 0.1) is 17.8 Å². The fourth-order valence-electron chi connectivity index (χ4n) is 1.26. The van der Waals surface area contributed by atoms with Crippen LogP contribution in [0.25, 0.3) is 0 Å². The Morgan fingerprint density at radius 3 is 2.61 bits per heavy atom. The molecule has 2 amide bonds. The zero-order chi connectivity index (χ0) is 13.8. The number of benzene rings is 1. The number of hydrogen-bond donors (Lipinski definition) is 1. The number of terminal acetylenes is 1. The maximum atomic E-state index is 12.7. The van der Waals surface area contributed by atoms with E-state index in [1.165, 1.54) is 25.2 Å². The van der Waals surface area contributed by atoms with Crippen LogP contribution in [0.1, 0.15) is 5.56 Å². The van der Waals surface area contributed by atoms with Gasteiger partial charge in [-0.1, -0.05) is 18.1 Å². The van der Waals surface area contributed by atoms with Crippen molar-refractivity contribution in [1.82, 2.24) is 4.90 Å². The van der Waals surface area contributed by atoms with Crippen LogP contribution >= 0.6 is 0 Å². The molecule has 3 nitrogen and oxygen atoms in total. The Kier molecular flexibility index (Phi) is 4.21. The van der Waals surface area contributed by atoms with Gasteiger partial charge in [0.1, 0.15) is 0 Å². The van der Waals surface area contributed by atoms with Crippen LogP contribution in [0.15, 0.2) is 24.3 Å². The largest absolute Gasteiger partial charge is 0.418 e. The highest BCUT2D eigenvalue weighted by Crippen LogP contribution is 2.34. The summed E-state index contributed by atoms with van der Waals surface area (Å²) >= 11 is 0. The Hall–Kier alpha value is -2.16. The fraction of sp³-hybridized carbons (Fsp3) is 0.250. The highest BCUT2D eigenvalue weighted by Gasteiger charge is 2.33. The number of carbonyl (C=O) groups is 1. The van der Waals surface area contributed by atoms with Crippen LogP contribution in [0.4, 0.5) is 23.7 Å². The molecule has 18 heavy (non-hydrogen) atoms. The van der Waals surface area contributed by atoms with E-state index < -0.39 is 17.8 Å². The molecule has 0 aromatic heterocycles. The summed E-state index contributed by atoms with van der Waals surface area (Å²) in [5.41, 5.74) is -1.19. The first-order valence-electron chi connectivity index (χ1n) is 4.98. The molecule has 0 spiro atoms. The maximum Gasteiger partial charge on any atom is 0.418 e. The molecule has 0 saturated carbocycles. The Morgan fingerprint density at radius 1 is 1.44 bits per heavy atom. The lowest BCUT2D eigenvalue weighted by Gasteiger charge is -2.18. The monoisotopic (exact) mass is 256 g/mol. The fourth-order valence-corrected chi connectivity index (χ4v) is 1.26. The Bertz CT molecular complexity index is 477. The number of para-hydroxylation sites is 1. The van der Waals surface area contributed by atoms with E-state index >= 15 is 0 Å². The van der Waals surface area contributed by atoms with Gasteiger partial charge in [-0.25, -0.2) is 4.79 Å². The Labute approximate surface area is 103 Å². The van der Waals surface area contributed by atoms with Gasteiger partial charge < -0.3 is 10.2 Å². The lowest BCUT2D eigenvalue weighted by atomic mass is 10.1. The third kappa shape index (κ3) is 3.42. The van der Waals surface area contributed by atoms with Crippen LogP contribution in [0.5, 0.6) is 0 Å². The third-order valence-electron chi connectivity index (χ3n) is 2.15. The van der Waals surface area contributed by atoms with Crippen molar-refractivity contribution in [3.8, 4) is 12.3 Å². The van der Waals surface area contributed by atoms with Crippen molar-refractivity contribution in [3.05, 3.63) is 29.8 Å². The van der Waals surface area contributed by atoms with Crippen molar-refractivity contribution in [2.45, 2.75) is 6.18 Å². The van der Waals surface area contributed by atoms with Gasteiger partial charge >= 0.3 is 12.2 Å². The van der Waals surface area contributed by atoms with E-state index in [0.717, 1.165) is 11.0 Å². The molecule has 1 aromatic rings. The van der Waals surface area contributed by atoms with E-state index in [2.05, 4.69) is 11.2 Å². The van der Waals surface area contributed by atoms with Crippen LogP contribution < -0.4 is 5.32 Å². The van der Waals surface area contributed by atoms with Gasteiger partial charge in [-0.3, -0.25) is 0 Å². The molecular weight excluding hydrogens is 245 g/mol. The molecule has 0 aliphatic heterocycles. The van der Waals surface area contributed by atoms with Crippen LogP contribution in [0.2, 0.25) is 0 Å². The first-order chi connectivity index (χ1) is 8.36. The van der Waals surface area contributed by atoms with Crippen LogP contribution in [-0.2, 0) is 6.18 Å². The van der Waals surface area contributed by atoms with Crippen LogP contribution in [0.3, 0.4) is 0 Å². The number of anilines is 1. The first kappa shape index (κ1) is 13.9. The smallest absolute Gasteiger partial charge is 0.316 e. The molecule has 0 heterocycles. The quantitative estimate of drug-likeness (QED) is 0.811. The molecule has 1 aromatic carbocycles. The summed E-state index contributed by atoms with van der Waals surface area (Å²) in [6, 6.07) is 4.06. The summed E-state index contributed by atoms with van der Waals surface area (Å²) < 4.78 is 38.0. The Morgan fingerprint density at radius 2 is 2.06 bits per heavy atom. The normalized spacial score (nSPS) is 10.6. The highest BCUT2D eigenvalue weighted by atomic mass is 19.4. The van der Waals surface area contributed by atoms with E-state index in [1.807, 2.05) is 0 Å². The molecule has 96 valence electrons. The summed E-state index contributed by atoms with van der Waals surface area (Å²) in [5.74, 6) is 2.22. The van der Waals surface area contributed by atoms with E-state index in [4.69, 9.17) is 6.42 Å². The lowest BCUT2D eigenvalue weighted by Crippen LogP contribution is -2.32. The van der Waals surface area contributed by atoms with Crippen molar-refractivity contribution < 1.29 is 18.0 Å². The summed E-state index contributed by atoms with van der Waals surface area (Å²) in [6.45, 7) is 0.0139. The number of alkyl halides is 3. The number of amides is 2. The number of carbonyl (C=O) groups excluding carboxylic acids is 1. The van der Waals surface area contributed by atoms with E-state index in [9.17, 15) is 18.0 Å². The van der Waals surface area contributed by atoms with Gasteiger partial charge in [-0.15, -0.1) is 6.42 Å². The minimum absolute atomic E-state index is 0.0139. The van der Waals surface area contributed by atoms with Gasteiger partial charge in [0.2, 0.25) is 0 Å². The molecule has 0 aliphatic rings. The van der Waals surface area contributed by atoms with Crippen molar-refractivity contribution in [2.75, 3.05) is 18.9 Å². The molecular formula is C12H11F3N2O. The van der Waals surface area contributed by atoms with Crippen molar-refractivity contribution in [3.63, 3.8) is 0 Å². The molecule has 0 atom stereocenters. The number of hydrogen-bond acceptors (Lipinski definition) is 1. The summed E-state index contributed by atoms with van der Waals surface area (Å²) in [7, 11) is 1.39. The van der Waals surface area contributed by atoms with Crippen molar-refractivity contribution >= 4 is 11.7 Å². The average Bonchev–Trinajstić information content (AvgIpc) is 2.28. The van der Waals surface area contributed by atoms with Gasteiger partial charge in [-0.2, -0.15) is 13.2 Å². The van der Waals surface area contributed by atoms with Gasteiger partial charge in [0.25, 0.3) is 0 Å². The highest BCUT2D eigenvalue weighted by molar-refractivity contribution is 5.90. The van der Waals surface area contributed by atoms with Crippen LogP contribution in [0, 0.1) is 12.3 Å². The molecule has 0 radical (unpaired) electrons. The van der Waals surface area contributed by atoms with E-state index in [-0.39, 0.29) is 12.2 Å². The number of nitrogens with zero attached hydrogens (tertiary/aromatic N) is 1. The van der Waals surface area contributed by atoms with Crippen molar-refractivity contribution in [2.24, 2.45) is 0 Å². The topological polar surface area (TPSA) is 32.3 Å². The van der Waals surface area contributed by atoms with E-state index in [1.54, 1.807) is 0 Å². The van der Waals surface area contributed by atoms with Gasteiger partial charge in [-0.05, 0) is 12.1 Å². The average molecular weight is 256 g/mol. The second-order valence-electron chi connectivity index (χ2n) is 3.53. The summed E-state index contributed by atoms with van der Waals surface area (Å²) in [4.78, 5) is 12.6. The summed E-state index contributed by atoms with van der Waals surface area (Å²) in [6.07, 6.45) is 0.489. The lowest BCUT2D eigenvalue weighted by molar-refractivity contribution is -0.136. The Balaban J connectivity index is 2.92. The number of urea groups is 1. The molecule has 0 aliphatic carbocycles. The number of rotatable bonds is 2. The predicted molar refractivity (Wildman–Crippen MR) is 61.9 cm³/mol. The molecule has 0 fully saturated rings. The molecule has 1 N–H and O–H groups in total. The second kappa shape index (κ2) is 5.45. The predicted octanol–water partition coefficient (Wildman–Crippen LogP) is 2.80. The third-order valence-corrected chi connectivity index (χ3v) is 2.15. The zero-order valence-corrected chi connectivity index (χ0v) is 9.58. The molecule has 1 rings (SSSR count). The zero-order valence-electron chi connectivity index (χ0n) is 9.58. The first-order valence-corrected chi connectivity index (χ1v) is 4.98. The maximum absolute atomic E-state index is 12.7. The second-order valence-corrected chi connectivity index (χ2v) is 3.53. The number of halogens is 3. The van der Waals surface area contributed by atoms with Gasteiger partial charge in [0, 0.05) is 7.05 Å². The van der Waals surface area contributed by atoms with Crippen LogP contribution in [-0.4, -0.2) is 24.5 Å². The minimum atomic E-state index is -4.52. The standard InChI is InChI=1S/C12H11F3N2O/c1-3-8-17(2)11(18)16-10-7-5-4-6-9(10)12(13,14)15/h1,4-7H,8H2,2H3,(H,16,18). The number of nitrogens with one attached hydrogen (secondary N) is 1. The molecule has 0 saturated heterocycles.